The van der Waals surface area contributed by atoms with Gasteiger partial charge >= 0.3 is 0 Å². The number of aliphatic hydroxyl groups is 1. The summed E-state index contributed by atoms with van der Waals surface area (Å²) in [5.74, 6) is 0.0582. The molecule has 1 saturated heterocycles. The first kappa shape index (κ1) is 11.7. The van der Waals surface area contributed by atoms with Crippen LogP contribution in [-0.4, -0.2) is 34.6 Å². The second-order valence-electron chi connectivity index (χ2n) is 5.58. The van der Waals surface area contributed by atoms with Crippen LogP contribution in [0.15, 0.2) is 18.2 Å². The molecule has 0 atom stereocenters. The number of nitrogens with zero attached hydrogens (tertiary/aromatic N) is 1. The lowest BCUT2D eigenvalue weighted by Gasteiger charge is -2.46. The molecule has 0 spiro atoms. The van der Waals surface area contributed by atoms with Gasteiger partial charge in [-0.15, -0.1) is 0 Å². The Morgan fingerprint density at radius 2 is 2.06 bits per heavy atom. The number of hydrogen-bond acceptors (Lipinski definition) is 2. The molecule has 1 aliphatic carbocycles. The van der Waals surface area contributed by atoms with E-state index in [1.54, 1.807) is 4.90 Å². The van der Waals surface area contributed by atoms with Crippen molar-refractivity contribution in [3.63, 3.8) is 0 Å². The highest BCUT2D eigenvalue weighted by atomic mass is 16.3. The molecule has 3 nitrogen and oxygen atoms in total. The van der Waals surface area contributed by atoms with Crippen LogP contribution < -0.4 is 0 Å². The molecule has 1 aromatic rings. The summed E-state index contributed by atoms with van der Waals surface area (Å²) in [5.41, 5.74) is 2.84. The SMILES string of the molecule is CCC1(O)CN(C(=O)c2ccc3c(c2)CCC3)C1. The van der Waals surface area contributed by atoms with Crippen molar-refractivity contribution in [2.24, 2.45) is 0 Å². The van der Waals surface area contributed by atoms with E-state index in [0.29, 0.717) is 19.5 Å². The van der Waals surface area contributed by atoms with Gasteiger partial charge in [-0.1, -0.05) is 13.0 Å². The van der Waals surface area contributed by atoms with Crippen LogP contribution >= 0.6 is 0 Å². The van der Waals surface area contributed by atoms with Crippen LogP contribution in [0, 0.1) is 0 Å². The Kier molecular flexibility index (Phi) is 2.67. The third-order valence-corrected chi connectivity index (χ3v) is 4.26. The highest BCUT2D eigenvalue weighted by molar-refractivity contribution is 5.95. The number of rotatable bonds is 2. The monoisotopic (exact) mass is 245 g/mol. The molecule has 0 aromatic heterocycles. The van der Waals surface area contributed by atoms with Gasteiger partial charge in [0.05, 0.1) is 18.7 Å². The summed E-state index contributed by atoms with van der Waals surface area (Å²) in [6.07, 6.45) is 4.14. The first-order valence-corrected chi connectivity index (χ1v) is 6.75. The molecular formula is C15H19NO2. The molecule has 18 heavy (non-hydrogen) atoms. The van der Waals surface area contributed by atoms with Gasteiger partial charge in [-0.2, -0.15) is 0 Å². The van der Waals surface area contributed by atoms with E-state index in [1.165, 1.54) is 17.5 Å². The summed E-state index contributed by atoms with van der Waals surface area (Å²) in [4.78, 5) is 14.0. The number of β-amino-alcohol motifs (C(OH)–C–C–N with tert-alkyl or cyclic N) is 1. The molecule has 0 saturated carbocycles. The number of fused-ring (bicyclic) bond motifs is 1. The van der Waals surface area contributed by atoms with E-state index in [2.05, 4.69) is 6.07 Å². The molecule has 1 fully saturated rings. The number of likely N-dealkylation sites (tertiary alicyclic amines) is 1. The molecule has 0 bridgehead atoms. The predicted octanol–water partition coefficient (Wildman–Crippen LogP) is 1.77. The van der Waals surface area contributed by atoms with Crippen LogP contribution in [0.4, 0.5) is 0 Å². The summed E-state index contributed by atoms with van der Waals surface area (Å²) in [5, 5.41) is 9.95. The van der Waals surface area contributed by atoms with Crippen LogP contribution in [0.5, 0.6) is 0 Å². The summed E-state index contributed by atoms with van der Waals surface area (Å²) in [6, 6.07) is 6.05. The fourth-order valence-corrected chi connectivity index (χ4v) is 2.92. The van der Waals surface area contributed by atoms with Gasteiger partial charge in [-0.05, 0) is 48.9 Å². The van der Waals surface area contributed by atoms with E-state index in [1.807, 2.05) is 19.1 Å². The number of carbonyl (C=O) groups is 1. The quantitative estimate of drug-likeness (QED) is 0.862. The summed E-state index contributed by atoms with van der Waals surface area (Å²) in [6.45, 7) is 2.90. The summed E-state index contributed by atoms with van der Waals surface area (Å²) >= 11 is 0. The second kappa shape index (κ2) is 4.09. The Hall–Kier alpha value is -1.35. The van der Waals surface area contributed by atoms with E-state index in [4.69, 9.17) is 0 Å². The molecule has 96 valence electrons. The van der Waals surface area contributed by atoms with Crippen molar-refractivity contribution in [1.29, 1.82) is 0 Å². The average molecular weight is 245 g/mol. The molecule has 0 unspecified atom stereocenters. The number of hydrogen-bond donors (Lipinski definition) is 1. The van der Waals surface area contributed by atoms with E-state index in [0.717, 1.165) is 18.4 Å². The average Bonchev–Trinajstić information content (AvgIpc) is 2.81. The van der Waals surface area contributed by atoms with Crippen LogP contribution in [0.2, 0.25) is 0 Å². The van der Waals surface area contributed by atoms with Crippen molar-refractivity contribution in [2.45, 2.75) is 38.2 Å². The van der Waals surface area contributed by atoms with Crippen molar-refractivity contribution in [3.8, 4) is 0 Å². The highest BCUT2D eigenvalue weighted by Gasteiger charge is 2.42. The van der Waals surface area contributed by atoms with Crippen molar-refractivity contribution in [1.82, 2.24) is 4.90 Å². The summed E-state index contributed by atoms with van der Waals surface area (Å²) < 4.78 is 0. The number of carbonyl (C=O) groups excluding carboxylic acids is 1. The molecule has 1 aromatic carbocycles. The normalized spacial score (nSPS) is 20.4. The van der Waals surface area contributed by atoms with Crippen molar-refractivity contribution >= 4 is 5.91 Å². The maximum atomic E-state index is 12.2. The fraction of sp³-hybridized carbons (Fsp3) is 0.533. The topological polar surface area (TPSA) is 40.5 Å². The van der Waals surface area contributed by atoms with E-state index < -0.39 is 5.60 Å². The van der Waals surface area contributed by atoms with Crippen molar-refractivity contribution < 1.29 is 9.90 Å². The van der Waals surface area contributed by atoms with Crippen LogP contribution in [0.25, 0.3) is 0 Å². The first-order chi connectivity index (χ1) is 8.61. The predicted molar refractivity (Wildman–Crippen MR) is 69.6 cm³/mol. The van der Waals surface area contributed by atoms with Gasteiger partial charge in [0, 0.05) is 5.56 Å². The minimum atomic E-state index is -0.646. The number of aryl methyl sites for hydroxylation is 2. The Morgan fingerprint density at radius 1 is 1.33 bits per heavy atom. The summed E-state index contributed by atoms with van der Waals surface area (Å²) in [7, 11) is 0. The lowest BCUT2D eigenvalue weighted by atomic mass is 9.90. The van der Waals surface area contributed by atoms with E-state index in [9.17, 15) is 9.90 Å². The molecule has 1 amide bonds. The van der Waals surface area contributed by atoms with Gasteiger partial charge in [-0.3, -0.25) is 4.79 Å². The van der Waals surface area contributed by atoms with Crippen molar-refractivity contribution in [3.05, 3.63) is 34.9 Å². The van der Waals surface area contributed by atoms with Crippen LogP contribution in [-0.2, 0) is 12.8 Å². The van der Waals surface area contributed by atoms with Gasteiger partial charge < -0.3 is 10.0 Å². The Bertz CT molecular complexity index is 489. The zero-order valence-corrected chi connectivity index (χ0v) is 10.8. The largest absolute Gasteiger partial charge is 0.386 e. The minimum absolute atomic E-state index is 0.0582. The highest BCUT2D eigenvalue weighted by Crippen LogP contribution is 2.28. The number of amides is 1. The molecule has 2 aliphatic rings. The van der Waals surface area contributed by atoms with Gasteiger partial charge in [0.25, 0.3) is 5.91 Å². The lowest BCUT2D eigenvalue weighted by Crippen LogP contribution is -2.63. The molecule has 1 aliphatic heterocycles. The minimum Gasteiger partial charge on any atom is -0.386 e. The standard InChI is InChI=1S/C15H19NO2/c1-2-15(18)9-16(10-15)14(17)13-7-6-11-4-3-5-12(11)8-13/h6-8,18H,2-5,9-10H2,1H3. The van der Waals surface area contributed by atoms with E-state index in [-0.39, 0.29) is 5.91 Å². The van der Waals surface area contributed by atoms with Gasteiger partial charge in [0.2, 0.25) is 0 Å². The van der Waals surface area contributed by atoms with Gasteiger partial charge in [0.15, 0.2) is 0 Å². The molecule has 1 N–H and O–H groups in total. The maximum Gasteiger partial charge on any atom is 0.254 e. The zero-order chi connectivity index (χ0) is 12.8. The first-order valence-electron chi connectivity index (χ1n) is 6.75. The van der Waals surface area contributed by atoms with Crippen LogP contribution in [0.3, 0.4) is 0 Å². The van der Waals surface area contributed by atoms with Gasteiger partial charge in [0.1, 0.15) is 0 Å². The van der Waals surface area contributed by atoms with Gasteiger partial charge in [-0.25, -0.2) is 0 Å². The van der Waals surface area contributed by atoms with Crippen molar-refractivity contribution in [2.75, 3.05) is 13.1 Å². The Morgan fingerprint density at radius 3 is 2.78 bits per heavy atom. The third kappa shape index (κ3) is 1.83. The molecular weight excluding hydrogens is 226 g/mol. The smallest absolute Gasteiger partial charge is 0.254 e. The zero-order valence-electron chi connectivity index (χ0n) is 10.8. The second-order valence-corrected chi connectivity index (χ2v) is 5.58. The molecule has 3 heteroatoms. The molecule has 1 heterocycles. The molecule has 0 radical (unpaired) electrons. The Balaban J connectivity index is 1.74. The van der Waals surface area contributed by atoms with E-state index >= 15 is 0 Å². The maximum absolute atomic E-state index is 12.2. The fourth-order valence-electron chi connectivity index (χ4n) is 2.92. The number of benzene rings is 1. The van der Waals surface area contributed by atoms with Crippen LogP contribution in [0.1, 0.15) is 41.3 Å². The third-order valence-electron chi connectivity index (χ3n) is 4.26. The lowest BCUT2D eigenvalue weighted by molar-refractivity contribution is -0.0826. The Labute approximate surface area is 107 Å². The molecule has 3 rings (SSSR count).